The Bertz CT molecular complexity index is 1150. The van der Waals surface area contributed by atoms with Crippen molar-refractivity contribution in [3.8, 4) is 17.1 Å². The molecule has 0 bridgehead atoms. The molecule has 0 fully saturated rings. The number of benzene rings is 2. The number of hydrogen-bond donors (Lipinski definition) is 1. The van der Waals surface area contributed by atoms with E-state index in [1.807, 2.05) is 48.5 Å². The fourth-order valence-electron chi connectivity index (χ4n) is 2.99. The van der Waals surface area contributed by atoms with Crippen LogP contribution in [0.25, 0.3) is 11.3 Å². The first-order valence-electron chi connectivity index (χ1n) is 9.84. The molecular formula is C24H19F3N4O. The highest BCUT2D eigenvalue weighted by molar-refractivity contribution is 5.59. The maximum Gasteiger partial charge on any atom is 0.423 e. The van der Waals surface area contributed by atoms with Gasteiger partial charge in [0.1, 0.15) is 12.2 Å². The number of nitrogens with zero attached hydrogens (tertiary/aromatic N) is 3. The molecule has 4 aromatic rings. The Balaban J connectivity index is 1.46. The zero-order chi connectivity index (χ0) is 22.4. The van der Waals surface area contributed by atoms with Crippen molar-refractivity contribution in [1.29, 1.82) is 0 Å². The van der Waals surface area contributed by atoms with E-state index in [-0.39, 0.29) is 12.6 Å². The summed E-state index contributed by atoms with van der Waals surface area (Å²) in [7, 11) is 0. The molecule has 0 aliphatic heterocycles. The van der Waals surface area contributed by atoms with E-state index >= 15 is 0 Å². The van der Waals surface area contributed by atoms with Crippen molar-refractivity contribution < 1.29 is 17.9 Å². The van der Waals surface area contributed by atoms with E-state index in [0.29, 0.717) is 6.54 Å². The summed E-state index contributed by atoms with van der Waals surface area (Å²) in [6, 6.07) is 22.3. The Morgan fingerprint density at radius 1 is 0.812 bits per heavy atom. The second kappa shape index (κ2) is 9.47. The molecule has 8 heteroatoms. The first kappa shape index (κ1) is 21.3. The fraction of sp³-hybridized carbons (Fsp3) is 0.125. The Morgan fingerprint density at radius 3 is 2.25 bits per heavy atom. The van der Waals surface area contributed by atoms with E-state index in [2.05, 4.69) is 20.3 Å². The second-order valence-electron chi connectivity index (χ2n) is 6.95. The normalized spacial score (nSPS) is 11.2. The smallest absolute Gasteiger partial charge is 0.423 e. The molecule has 1 N–H and O–H groups in total. The third-order valence-corrected chi connectivity index (χ3v) is 4.64. The summed E-state index contributed by atoms with van der Waals surface area (Å²) in [5.41, 5.74) is 2.47. The highest BCUT2D eigenvalue weighted by Gasteiger charge is 2.36. The molecule has 2 aromatic heterocycles. The largest absolute Gasteiger partial charge is 0.472 e. The highest BCUT2D eigenvalue weighted by Crippen LogP contribution is 2.35. The van der Waals surface area contributed by atoms with Gasteiger partial charge in [-0.2, -0.15) is 18.2 Å². The van der Waals surface area contributed by atoms with Crippen molar-refractivity contribution in [1.82, 2.24) is 15.0 Å². The average molecular weight is 436 g/mol. The molecule has 0 aliphatic carbocycles. The summed E-state index contributed by atoms with van der Waals surface area (Å²) >= 11 is 0. The Hall–Kier alpha value is -3.94. The van der Waals surface area contributed by atoms with Gasteiger partial charge in [0.25, 0.3) is 0 Å². The van der Waals surface area contributed by atoms with Crippen molar-refractivity contribution >= 4 is 5.95 Å². The second-order valence-corrected chi connectivity index (χ2v) is 6.95. The van der Waals surface area contributed by atoms with Gasteiger partial charge in [0, 0.05) is 24.5 Å². The number of hydrogen-bond acceptors (Lipinski definition) is 5. The van der Waals surface area contributed by atoms with Crippen LogP contribution in [-0.2, 0) is 19.3 Å². The van der Waals surface area contributed by atoms with Crippen LogP contribution in [0.15, 0.2) is 85.2 Å². The van der Waals surface area contributed by atoms with E-state index in [9.17, 15) is 13.2 Å². The molecule has 5 nitrogen and oxygen atoms in total. The SMILES string of the molecule is FC(F)(F)c1cnc(NCc2ccc(-c3ccccn3)cc2)nc1OCc1ccccc1. The number of aromatic nitrogens is 3. The van der Waals surface area contributed by atoms with E-state index < -0.39 is 17.6 Å². The number of anilines is 1. The molecule has 4 rings (SSSR count). The first-order valence-corrected chi connectivity index (χ1v) is 9.84. The maximum atomic E-state index is 13.3. The van der Waals surface area contributed by atoms with Gasteiger partial charge in [-0.3, -0.25) is 4.98 Å². The van der Waals surface area contributed by atoms with Gasteiger partial charge in [0.05, 0.1) is 5.69 Å². The summed E-state index contributed by atoms with van der Waals surface area (Å²) in [4.78, 5) is 12.1. The summed E-state index contributed by atoms with van der Waals surface area (Å²) in [6.07, 6.45) is -2.16. The van der Waals surface area contributed by atoms with Crippen LogP contribution in [0, 0.1) is 0 Å². The Morgan fingerprint density at radius 2 is 1.56 bits per heavy atom. The minimum Gasteiger partial charge on any atom is -0.472 e. The summed E-state index contributed by atoms with van der Waals surface area (Å²) in [6.45, 7) is 0.307. The third kappa shape index (κ3) is 5.40. The van der Waals surface area contributed by atoms with Gasteiger partial charge in [0.2, 0.25) is 11.8 Å². The van der Waals surface area contributed by atoms with E-state index in [1.165, 1.54) is 0 Å². The molecule has 0 spiro atoms. The lowest BCUT2D eigenvalue weighted by Crippen LogP contribution is -2.13. The summed E-state index contributed by atoms with van der Waals surface area (Å²) < 4.78 is 45.4. The number of pyridine rings is 1. The van der Waals surface area contributed by atoms with Gasteiger partial charge < -0.3 is 10.1 Å². The Labute approximate surface area is 183 Å². The number of rotatable bonds is 7. The monoisotopic (exact) mass is 436 g/mol. The van der Waals surface area contributed by atoms with Crippen LogP contribution in [0.1, 0.15) is 16.7 Å². The van der Waals surface area contributed by atoms with Crippen LogP contribution < -0.4 is 10.1 Å². The van der Waals surface area contributed by atoms with Gasteiger partial charge >= 0.3 is 6.18 Å². The average Bonchev–Trinajstić information content (AvgIpc) is 2.82. The maximum absolute atomic E-state index is 13.3. The minimum absolute atomic E-state index is 0.0324. The number of nitrogens with one attached hydrogen (secondary N) is 1. The van der Waals surface area contributed by atoms with Crippen LogP contribution in [0.2, 0.25) is 0 Å². The van der Waals surface area contributed by atoms with Crippen molar-refractivity contribution in [2.75, 3.05) is 5.32 Å². The van der Waals surface area contributed by atoms with Crippen LogP contribution in [0.4, 0.5) is 19.1 Å². The molecule has 32 heavy (non-hydrogen) atoms. The minimum atomic E-state index is -4.62. The van der Waals surface area contributed by atoms with Crippen molar-refractivity contribution in [3.63, 3.8) is 0 Å². The molecule has 2 aromatic carbocycles. The predicted octanol–water partition coefficient (Wildman–Crippen LogP) is 5.75. The van der Waals surface area contributed by atoms with E-state index in [1.54, 1.807) is 30.5 Å². The lowest BCUT2D eigenvalue weighted by atomic mass is 10.1. The lowest BCUT2D eigenvalue weighted by Gasteiger charge is -2.14. The molecule has 0 aliphatic rings. The molecule has 0 saturated carbocycles. The summed E-state index contributed by atoms with van der Waals surface area (Å²) in [5.74, 6) is -0.459. The van der Waals surface area contributed by atoms with Gasteiger partial charge in [0.15, 0.2) is 0 Å². The third-order valence-electron chi connectivity index (χ3n) is 4.64. The van der Waals surface area contributed by atoms with Gasteiger partial charge in [-0.05, 0) is 23.3 Å². The molecule has 0 amide bonds. The number of alkyl halides is 3. The molecule has 2 heterocycles. The number of ether oxygens (including phenoxy) is 1. The lowest BCUT2D eigenvalue weighted by molar-refractivity contribution is -0.139. The zero-order valence-electron chi connectivity index (χ0n) is 16.9. The standard InChI is InChI=1S/C24H19F3N4O/c25-24(26,27)20-15-30-23(31-22(20)32-16-18-6-2-1-3-7-18)29-14-17-9-11-19(12-10-17)21-8-4-5-13-28-21/h1-13,15H,14,16H2,(H,29,30,31). The van der Waals surface area contributed by atoms with Gasteiger partial charge in [-0.15, -0.1) is 0 Å². The molecule has 162 valence electrons. The molecular weight excluding hydrogens is 417 g/mol. The molecule has 0 saturated heterocycles. The number of halogens is 3. The van der Waals surface area contributed by atoms with Crippen LogP contribution in [-0.4, -0.2) is 15.0 Å². The molecule has 0 atom stereocenters. The van der Waals surface area contributed by atoms with Crippen LogP contribution in [0.5, 0.6) is 5.88 Å². The fourth-order valence-corrected chi connectivity index (χ4v) is 2.99. The van der Waals surface area contributed by atoms with E-state index in [4.69, 9.17) is 4.74 Å². The first-order chi connectivity index (χ1) is 15.5. The summed E-state index contributed by atoms with van der Waals surface area (Å²) in [5, 5.41) is 2.95. The molecule has 0 radical (unpaired) electrons. The van der Waals surface area contributed by atoms with Crippen molar-refractivity contribution in [2.24, 2.45) is 0 Å². The quantitative estimate of drug-likeness (QED) is 0.400. The highest BCUT2D eigenvalue weighted by atomic mass is 19.4. The molecule has 0 unspecified atom stereocenters. The van der Waals surface area contributed by atoms with E-state index in [0.717, 1.165) is 28.6 Å². The topological polar surface area (TPSA) is 59.9 Å². The van der Waals surface area contributed by atoms with Crippen molar-refractivity contribution in [2.45, 2.75) is 19.3 Å². The van der Waals surface area contributed by atoms with Crippen LogP contribution >= 0.6 is 0 Å². The zero-order valence-corrected chi connectivity index (χ0v) is 16.9. The van der Waals surface area contributed by atoms with Crippen molar-refractivity contribution in [3.05, 3.63) is 102 Å². The predicted molar refractivity (Wildman–Crippen MR) is 115 cm³/mol. The van der Waals surface area contributed by atoms with Gasteiger partial charge in [-0.1, -0.05) is 60.7 Å². The Kier molecular flexibility index (Phi) is 6.30. The van der Waals surface area contributed by atoms with Crippen LogP contribution in [0.3, 0.4) is 0 Å². The van der Waals surface area contributed by atoms with Gasteiger partial charge in [-0.25, -0.2) is 4.98 Å².